The maximum Gasteiger partial charge on any atom is 0.253 e. The van der Waals surface area contributed by atoms with Gasteiger partial charge in [0.15, 0.2) is 11.6 Å². The summed E-state index contributed by atoms with van der Waals surface area (Å²) in [6, 6.07) is 7.85. The number of benzene rings is 2. The van der Waals surface area contributed by atoms with Crippen molar-refractivity contribution in [2.45, 2.75) is 20.3 Å². The molecule has 0 unspecified atom stereocenters. The van der Waals surface area contributed by atoms with Gasteiger partial charge in [-0.25, -0.2) is 8.78 Å². The molecule has 2 aromatic carbocycles. The Labute approximate surface area is 128 Å². The van der Waals surface area contributed by atoms with Crippen LogP contribution < -0.4 is 10.6 Å². The predicted octanol–water partition coefficient (Wildman–Crippen LogP) is 3.94. The third-order valence-electron chi connectivity index (χ3n) is 3.47. The molecule has 5 heteroatoms. The number of rotatable bonds is 4. The molecule has 2 N–H and O–H groups in total. The first-order valence-corrected chi connectivity index (χ1v) is 7.04. The second kappa shape index (κ2) is 6.56. The molecule has 0 aromatic heterocycles. The minimum atomic E-state index is -1.07. The normalized spacial score (nSPS) is 10.4. The maximum absolute atomic E-state index is 14.1. The van der Waals surface area contributed by atoms with Crippen molar-refractivity contribution >= 4 is 17.3 Å². The highest BCUT2D eigenvalue weighted by Crippen LogP contribution is 2.29. The molecular weight excluding hydrogens is 286 g/mol. The molecular formula is C17H18F2N2O. The largest absolute Gasteiger partial charge is 0.355 e. The molecule has 0 fully saturated rings. The number of anilines is 2. The van der Waals surface area contributed by atoms with Crippen LogP contribution in [0, 0.1) is 18.6 Å². The monoisotopic (exact) mass is 304 g/mol. The highest BCUT2D eigenvalue weighted by Gasteiger charge is 2.19. The lowest BCUT2D eigenvalue weighted by Crippen LogP contribution is -2.20. The molecule has 2 rings (SSSR count). The molecule has 0 spiro atoms. The molecule has 0 saturated heterocycles. The molecule has 22 heavy (non-hydrogen) atoms. The smallest absolute Gasteiger partial charge is 0.253 e. The van der Waals surface area contributed by atoms with Crippen LogP contribution in [0.3, 0.4) is 0 Å². The van der Waals surface area contributed by atoms with E-state index in [2.05, 4.69) is 10.6 Å². The van der Waals surface area contributed by atoms with Gasteiger partial charge < -0.3 is 10.6 Å². The van der Waals surface area contributed by atoms with Crippen LogP contribution in [0.1, 0.15) is 28.4 Å². The van der Waals surface area contributed by atoms with Crippen LogP contribution in [0.4, 0.5) is 20.2 Å². The number of carbonyl (C=O) groups excluding carboxylic acids is 1. The summed E-state index contributed by atoms with van der Waals surface area (Å²) < 4.78 is 27.7. The van der Waals surface area contributed by atoms with E-state index in [1.165, 1.54) is 13.1 Å². The van der Waals surface area contributed by atoms with E-state index in [1.54, 1.807) is 6.07 Å². The fourth-order valence-corrected chi connectivity index (χ4v) is 2.27. The zero-order valence-electron chi connectivity index (χ0n) is 12.8. The molecule has 0 aliphatic rings. The second-order valence-corrected chi connectivity index (χ2v) is 5.00. The summed E-state index contributed by atoms with van der Waals surface area (Å²) in [4.78, 5) is 11.9. The molecule has 0 saturated carbocycles. The Kier molecular flexibility index (Phi) is 4.75. The van der Waals surface area contributed by atoms with Gasteiger partial charge in [-0.15, -0.1) is 0 Å². The lowest BCUT2D eigenvalue weighted by molar-refractivity contribution is 0.0963. The molecule has 0 atom stereocenters. The van der Waals surface area contributed by atoms with E-state index in [0.717, 1.165) is 23.6 Å². The fourth-order valence-electron chi connectivity index (χ4n) is 2.27. The Morgan fingerprint density at radius 2 is 1.91 bits per heavy atom. The van der Waals surface area contributed by atoms with Crippen LogP contribution in [0.2, 0.25) is 0 Å². The van der Waals surface area contributed by atoms with E-state index in [4.69, 9.17) is 0 Å². The summed E-state index contributed by atoms with van der Waals surface area (Å²) in [7, 11) is 1.44. The van der Waals surface area contributed by atoms with Gasteiger partial charge in [-0.3, -0.25) is 4.79 Å². The first-order valence-electron chi connectivity index (χ1n) is 7.04. The Morgan fingerprint density at radius 1 is 1.18 bits per heavy atom. The predicted molar refractivity (Wildman–Crippen MR) is 83.6 cm³/mol. The van der Waals surface area contributed by atoms with Crippen LogP contribution in [0.5, 0.6) is 0 Å². The highest BCUT2D eigenvalue weighted by atomic mass is 19.2. The van der Waals surface area contributed by atoms with E-state index in [9.17, 15) is 13.6 Å². The average Bonchev–Trinajstić information content (AvgIpc) is 2.52. The second-order valence-electron chi connectivity index (χ2n) is 5.00. The van der Waals surface area contributed by atoms with Crippen molar-refractivity contribution < 1.29 is 13.6 Å². The van der Waals surface area contributed by atoms with E-state index >= 15 is 0 Å². The van der Waals surface area contributed by atoms with Crippen LogP contribution in [-0.2, 0) is 6.42 Å². The van der Waals surface area contributed by atoms with Gasteiger partial charge in [0, 0.05) is 12.7 Å². The average molecular weight is 304 g/mol. The first kappa shape index (κ1) is 15.9. The number of nitrogens with one attached hydrogen (secondary N) is 2. The van der Waals surface area contributed by atoms with Crippen molar-refractivity contribution in [1.29, 1.82) is 0 Å². The number of amides is 1. The van der Waals surface area contributed by atoms with E-state index in [0.29, 0.717) is 5.69 Å². The molecule has 0 heterocycles. The zero-order chi connectivity index (χ0) is 16.3. The van der Waals surface area contributed by atoms with Gasteiger partial charge in [-0.2, -0.15) is 0 Å². The molecule has 0 aliphatic carbocycles. The first-order chi connectivity index (χ1) is 10.5. The molecule has 0 aliphatic heterocycles. The van der Waals surface area contributed by atoms with Crippen LogP contribution in [-0.4, -0.2) is 13.0 Å². The van der Waals surface area contributed by atoms with Crippen LogP contribution in [0.25, 0.3) is 0 Å². The lowest BCUT2D eigenvalue weighted by Gasteiger charge is -2.16. The topological polar surface area (TPSA) is 41.1 Å². The van der Waals surface area contributed by atoms with E-state index in [-0.39, 0.29) is 11.3 Å². The SMILES string of the molecule is CCc1cc(C)ccc1Nc1c(C(=O)NC)ccc(F)c1F. The molecule has 1 amide bonds. The molecule has 2 aromatic rings. The van der Waals surface area contributed by atoms with E-state index < -0.39 is 17.5 Å². The van der Waals surface area contributed by atoms with Gasteiger partial charge in [0.05, 0.1) is 11.3 Å². The molecule has 3 nitrogen and oxygen atoms in total. The summed E-state index contributed by atoms with van der Waals surface area (Å²) in [5, 5.41) is 5.29. The van der Waals surface area contributed by atoms with Crippen molar-refractivity contribution in [3.8, 4) is 0 Å². The maximum atomic E-state index is 14.1. The lowest BCUT2D eigenvalue weighted by atomic mass is 10.1. The Balaban J connectivity index is 2.53. The van der Waals surface area contributed by atoms with Gasteiger partial charge in [-0.1, -0.05) is 24.6 Å². The minimum Gasteiger partial charge on any atom is -0.355 e. The third-order valence-corrected chi connectivity index (χ3v) is 3.47. The Hall–Kier alpha value is -2.43. The molecule has 116 valence electrons. The highest BCUT2D eigenvalue weighted by molar-refractivity contribution is 6.00. The molecule has 0 bridgehead atoms. The standard InChI is InChI=1S/C17H18F2N2O/c1-4-11-9-10(2)5-8-14(11)21-16-12(17(22)20-3)6-7-13(18)15(16)19/h5-9,21H,4H2,1-3H3,(H,20,22). The molecule has 0 radical (unpaired) electrons. The number of hydrogen-bond donors (Lipinski definition) is 2. The fraction of sp³-hybridized carbons (Fsp3) is 0.235. The van der Waals surface area contributed by atoms with Crippen molar-refractivity contribution in [3.05, 3.63) is 58.7 Å². The summed E-state index contributed by atoms with van der Waals surface area (Å²) in [5.41, 5.74) is 2.60. The number of aryl methyl sites for hydroxylation is 2. The Morgan fingerprint density at radius 3 is 2.55 bits per heavy atom. The summed E-state index contributed by atoms with van der Waals surface area (Å²) >= 11 is 0. The van der Waals surface area contributed by atoms with Gasteiger partial charge in [0.2, 0.25) is 0 Å². The van der Waals surface area contributed by atoms with Crippen molar-refractivity contribution in [3.63, 3.8) is 0 Å². The minimum absolute atomic E-state index is 0.0593. The van der Waals surface area contributed by atoms with Gasteiger partial charge in [0.1, 0.15) is 0 Å². The number of carbonyl (C=O) groups is 1. The van der Waals surface area contributed by atoms with Crippen molar-refractivity contribution in [2.75, 3.05) is 12.4 Å². The quantitative estimate of drug-likeness (QED) is 0.898. The summed E-state index contributed by atoms with van der Waals surface area (Å²) in [5.74, 6) is -2.55. The third kappa shape index (κ3) is 3.08. The summed E-state index contributed by atoms with van der Waals surface area (Å²) in [6.45, 7) is 3.93. The van der Waals surface area contributed by atoms with Gasteiger partial charge in [-0.05, 0) is 37.1 Å². The zero-order valence-corrected chi connectivity index (χ0v) is 12.8. The van der Waals surface area contributed by atoms with Gasteiger partial charge in [0.25, 0.3) is 5.91 Å². The van der Waals surface area contributed by atoms with Crippen molar-refractivity contribution in [1.82, 2.24) is 5.32 Å². The Bertz CT molecular complexity index is 714. The van der Waals surface area contributed by atoms with Crippen molar-refractivity contribution in [2.24, 2.45) is 0 Å². The van der Waals surface area contributed by atoms with Crippen LogP contribution in [0.15, 0.2) is 30.3 Å². The number of hydrogen-bond acceptors (Lipinski definition) is 2. The number of halogens is 2. The van der Waals surface area contributed by atoms with E-state index in [1.807, 2.05) is 26.0 Å². The summed E-state index contributed by atoms with van der Waals surface area (Å²) in [6.07, 6.45) is 0.732. The van der Waals surface area contributed by atoms with Gasteiger partial charge >= 0.3 is 0 Å². The van der Waals surface area contributed by atoms with Crippen LogP contribution >= 0.6 is 0 Å².